The molecule has 0 aliphatic carbocycles. The molecule has 0 aromatic carbocycles. The number of ether oxygens (including phenoxy) is 1. The second kappa shape index (κ2) is 9.08. The summed E-state index contributed by atoms with van der Waals surface area (Å²) in [6.45, 7) is 10.9. The molecule has 6 nitrogen and oxygen atoms in total. The smallest absolute Gasteiger partial charge is 0.410 e. The average Bonchev–Trinajstić information content (AvgIpc) is 2.81. The number of aliphatic hydroxyl groups excluding tert-OH is 1. The van der Waals surface area contributed by atoms with Crippen LogP contribution in [-0.2, 0) is 9.53 Å². The first-order chi connectivity index (χ1) is 11.3. The lowest BCUT2D eigenvalue weighted by molar-refractivity contribution is -0.143. The average molecular weight is 335 g/mol. The summed E-state index contributed by atoms with van der Waals surface area (Å²) in [5.74, 6) is -1.75. The van der Waals surface area contributed by atoms with E-state index in [1.54, 1.807) is 31.2 Å². The maximum Gasteiger partial charge on any atom is 0.410 e. The first-order valence-electron chi connectivity index (χ1n) is 7.74. The van der Waals surface area contributed by atoms with Crippen molar-refractivity contribution in [1.82, 2.24) is 4.90 Å². The Balaban J connectivity index is 2.85. The molecule has 132 valence electrons. The van der Waals surface area contributed by atoms with E-state index in [1.165, 1.54) is 0 Å². The maximum atomic E-state index is 12.3. The van der Waals surface area contributed by atoms with Crippen LogP contribution in [0.25, 0.3) is 0 Å². The Morgan fingerprint density at radius 1 is 1.42 bits per heavy atom. The molecule has 0 bridgehead atoms. The van der Waals surface area contributed by atoms with Crippen molar-refractivity contribution in [3.63, 3.8) is 0 Å². The fourth-order valence-electron chi connectivity index (χ4n) is 2.79. The van der Waals surface area contributed by atoms with Crippen molar-refractivity contribution in [2.75, 3.05) is 13.2 Å². The summed E-state index contributed by atoms with van der Waals surface area (Å²) in [6, 6.07) is -1.13. The Bertz CT molecular complexity index is 564. The number of allylic oxidation sites excluding steroid dienone is 4. The van der Waals surface area contributed by atoms with Crippen LogP contribution in [0.15, 0.2) is 48.6 Å². The highest BCUT2D eigenvalue weighted by molar-refractivity contribution is 5.81. The van der Waals surface area contributed by atoms with Gasteiger partial charge in [0.25, 0.3) is 0 Å². The molecule has 1 unspecified atom stereocenters. The van der Waals surface area contributed by atoms with Gasteiger partial charge in [-0.3, -0.25) is 4.90 Å². The van der Waals surface area contributed by atoms with Gasteiger partial charge in [0.1, 0.15) is 12.6 Å². The quantitative estimate of drug-likeness (QED) is 0.551. The molecule has 1 heterocycles. The molecule has 1 saturated heterocycles. The number of amides is 1. The zero-order valence-corrected chi connectivity index (χ0v) is 14.1. The summed E-state index contributed by atoms with van der Waals surface area (Å²) in [6.07, 6.45) is 5.50. The van der Waals surface area contributed by atoms with Crippen molar-refractivity contribution in [3.8, 4) is 0 Å². The molecular formula is C18H25NO5. The van der Waals surface area contributed by atoms with Gasteiger partial charge in [0.05, 0.1) is 12.6 Å². The molecule has 0 saturated carbocycles. The summed E-state index contributed by atoms with van der Waals surface area (Å²) in [7, 11) is 0. The summed E-state index contributed by atoms with van der Waals surface area (Å²) >= 11 is 0. The van der Waals surface area contributed by atoms with Gasteiger partial charge in [-0.25, -0.2) is 9.59 Å². The van der Waals surface area contributed by atoms with Crippen LogP contribution in [-0.4, -0.2) is 52.5 Å². The maximum absolute atomic E-state index is 12.3. The minimum atomic E-state index is -1.16. The number of carbonyl (C=O) groups excluding carboxylic acids is 1. The number of hydrogen-bond donors (Lipinski definition) is 2. The van der Waals surface area contributed by atoms with Gasteiger partial charge >= 0.3 is 12.1 Å². The van der Waals surface area contributed by atoms with Gasteiger partial charge in [-0.2, -0.15) is 0 Å². The molecule has 3 atom stereocenters. The second-order valence-corrected chi connectivity index (χ2v) is 5.86. The number of aliphatic carboxylic acids is 1. The Kier molecular flexibility index (Phi) is 7.45. The number of aliphatic hydroxyl groups is 1. The van der Waals surface area contributed by atoms with E-state index in [9.17, 15) is 19.8 Å². The summed E-state index contributed by atoms with van der Waals surface area (Å²) in [5, 5.41) is 19.6. The second-order valence-electron chi connectivity index (χ2n) is 5.86. The third-order valence-electron chi connectivity index (χ3n) is 3.77. The topological polar surface area (TPSA) is 87.1 Å². The van der Waals surface area contributed by atoms with Crippen LogP contribution in [0, 0.1) is 5.92 Å². The van der Waals surface area contributed by atoms with Crippen molar-refractivity contribution in [2.24, 2.45) is 5.92 Å². The normalized spacial score (nSPS) is 24.2. The van der Waals surface area contributed by atoms with Crippen LogP contribution in [0.1, 0.15) is 20.3 Å². The SMILES string of the molecule is C=C/C=C(\C=C/C)COC(=O)N1C[C@H](O)C(CC(=C)C)[C@H]1C(=O)O. The predicted molar refractivity (Wildman–Crippen MR) is 91.5 cm³/mol. The molecule has 2 N–H and O–H groups in total. The Hall–Kier alpha value is -2.34. The summed E-state index contributed by atoms with van der Waals surface area (Å²) < 4.78 is 5.20. The predicted octanol–water partition coefficient (Wildman–Crippen LogP) is 2.52. The zero-order chi connectivity index (χ0) is 18.3. The van der Waals surface area contributed by atoms with Crippen molar-refractivity contribution in [3.05, 3.63) is 48.6 Å². The lowest BCUT2D eigenvalue weighted by Crippen LogP contribution is -2.43. The first kappa shape index (κ1) is 19.7. The third-order valence-corrected chi connectivity index (χ3v) is 3.77. The number of carbonyl (C=O) groups is 2. The fraction of sp³-hybridized carbons (Fsp3) is 0.444. The lowest BCUT2D eigenvalue weighted by atomic mass is 9.91. The first-order valence-corrected chi connectivity index (χ1v) is 7.74. The minimum absolute atomic E-state index is 0.000714. The van der Waals surface area contributed by atoms with E-state index in [2.05, 4.69) is 13.2 Å². The highest BCUT2D eigenvalue weighted by Crippen LogP contribution is 2.30. The number of likely N-dealkylation sites (tertiary alicyclic amines) is 1. The highest BCUT2D eigenvalue weighted by Gasteiger charge is 2.47. The molecule has 1 fully saturated rings. The van der Waals surface area contributed by atoms with E-state index in [-0.39, 0.29) is 13.2 Å². The van der Waals surface area contributed by atoms with E-state index in [0.717, 1.165) is 16.0 Å². The highest BCUT2D eigenvalue weighted by atomic mass is 16.6. The van der Waals surface area contributed by atoms with E-state index >= 15 is 0 Å². The van der Waals surface area contributed by atoms with Gasteiger partial charge in [0.15, 0.2) is 0 Å². The third kappa shape index (κ3) is 5.09. The number of carboxylic acids is 1. The van der Waals surface area contributed by atoms with Crippen LogP contribution < -0.4 is 0 Å². The number of carboxylic acid groups (broad SMARTS) is 1. The van der Waals surface area contributed by atoms with Gasteiger partial charge in [-0.05, 0) is 25.8 Å². The van der Waals surface area contributed by atoms with Crippen LogP contribution in [0.2, 0.25) is 0 Å². The van der Waals surface area contributed by atoms with Crippen molar-refractivity contribution in [2.45, 2.75) is 32.4 Å². The van der Waals surface area contributed by atoms with Gasteiger partial charge < -0.3 is 14.9 Å². The van der Waals surface area contributed by atoms with Crippen molar-refractivity contribution >= 4 is 12.1 Å². The van der Waals surface area contributed by atoms with Crippen LogP contribution >= 0.6 is 0 Å². The fourth-order valence-corrected chi connectivity index (χ4v) is 2.79. The molecule has 0 spiro atoms. The Labute approximate surface area is 142 Å². The van der Waals surface area contributed by atoms with Gasteiger partial charge in [-0.1, -0.05) is 36.5 Å². The molecule has 0 aromatic heterocycles. The Morgan fingerprint density at radius 2 is 2.08 bits per heavy atom. The number of nitrogens with zero attached hydrogens (tertiary/aromatic N) is 1. The molecule has 0 radical (unpaired) electrons. The van der Waals surface area contributed by atoms with Gasteiger partial charge in [0, 0.05) is 5.92 Å². The number of rotatable bonds is 7. The molecule has 24 heavy (non-hydrogen) atoms. The number of hydrogen-bond acceptors (Lipinski definition) is 4. The standard InChI is InChI=1S/C18H25NO5/c1-5-7-13(8-6-2)11-24-18(23)19-10-15(20)14(9-12(3)4)16(19)17(21)22/h5-8,14-16,20H,1,3,9-11H2,2,4H3,(H,21,22)/b8-6-,13-7+/t14?,15-,16-/m0/s1. The van der Waals surface area contributed by atoms with Gasteiger partial charge in [-0.15, -0.1) is 6.58 Å². The van der Waals surface area contributed by atoms with Crippen LogP contribution in [0.3, 0.4) is 0 Å². The van der Waals surface area contributed by atoms with E-state index in [1.807, 2.05) is 6.92 Å². The lowest BCUT2D eigenvalue weighted by Gasteiger charge is -2.24. The van der Waals surface area contributed by atoms with E-state index < -0.39 is 30.1 Å². The van der Waals surface area contributed by atoms with Gasteiger partial charge in [0.2, 0.25) is 0 Å². The van der Waals surface area contributed by atoms with E-state index in [0.29, 0.717) is 6.42 Å². The molecule has 1 amide bonds. The van der Waals surface area contributed by atoms with Crippen molar-refractivity contribution in [1.29, 1.82) is 0 Å². The van der Waals surface area contributed by atoms with Crippen LogP contribution in [0.4, 0.5) is 4.79 Å². The van der Waals surface area contributed by atoms with E-state index in [4.69, 9.17) is 4.74 Å². The molecule has 1 aliphatic rings. The molecule has 0 aromatic rings. The molecule has 6 heteroatoms. The van der Waals surface area contributed by atoms with Crippen molar-refractivity contribution < 1.29 is 24.5 Å². The number of β-amino-alcohol motifs (C(OH)–C–C–N with tert-alkyl or cyclic N) is 1. The Morgan fingerprint density at radius 3 is 2.58 bits per heavy atom. The summed E-state index contributed by atoms with van der Waals surface area (Å²) in [4.78, 5) is 24.9. The molecule has 1 rings (SSSR count). The molecule has 1 aliphatic heterocycles. The molecular weight excluding hydrogens is 310 g/mol. The largest absolute Gasteiger partial charge is 0.480 e. The minimum Gasteiger partial charge on any atom is -0.480 e. The summed E-state index contributed by atoms with van der Waals surface area (Å²) in [5.41, 5.74) is 1.48. The monoisotopic (exact) mass is 335 g/mol. The van der Waals surface area contributed by atoms with Crippen LogP contribution in [0.5, 0.6) is 0 Å². The zero-order valence-electron chi connectivity index (χ0n) is 14.1.